The monoisotopic (exact) mass is 260 g/mol. The normalized spacial score (nSPS) is 24.1. The van der Waals surface area contributed by atoms with E-state index in [-0.39, 0.29) is 24.0 Å². The largest absolute Gasteiger partial charge is 0.332 e. The van der Waals surface area contributed by atoms with Gasteiger partial charge in [0, 0.05) is 18.5 Å². The molecule has 2 atom stereocenters. The van der Waals surface area contributed by atoms with Crippen molar-refractivity contribution in [1.82, 2.24) is 4.90 Å². The van der Waals surface area contributed by atoms with E-state index in [1.165, 1.54) is 16.7 Å². The highest BCUT2D eigenvalue weighted by molar-refractivity contribution is 5.78. The van der Waals surface area contributed by atoms with Crippen molar-refractivity contribution in [3.63, 3.8) is 0 Å². The van der Waals surface area contributed by atoms with E-state index in [0.29, 0.717) is 6.42 Å². The van der Waals surface area contributed by atoms with Crippen LogP contribution in [0, 0.1) is 13.8 Å². The van der Waals surface area contributed by atoms with E-state index >= 15 is 0 Å². The van der Waals surface area contributed by atoms with Gasteiger partial charge in [0.25, 0.3) is 0 Å². The molecule has 1 heterocycles. The fourth-order valence-corrected chi connectivity index (χ4v) is 3.09. The van der Waals surface area contributed by atoms with Gasteiger partial charge in [-0.2, -0.15) is 0 Å². The third kappa shape index (κ3) is 2.66. The quantitative estimate of drug-likeness (QED) is 0.888. The number of nitrogens with two attached hydrogens (primary N) is 1. The van der Waals surface area contributed by atoms with Crippen LogP contribution in [0.1, 0.15) is 49.4 Å². The number of benzene rings is 1. The summed E-state index contributed by atoms with van der Waals surface area (Å²) in [5.74, 6) is 0.224. The predicted octanol–water partition coefficient (Wildman–Crippen LogP) is 2.70. The lowest BCUT2D eigenvalue weighted by molar-refractivity contribution is -0.139. The number of piperidine rings is 1. The molecule has 1 fully saturated rings. The summed E-state index contributed by atoms with van der Waals surface area (Å²) in [6, 6.07) is 6.63. The van der Waals surface area contributed by atoms with Crippen molar-refractivity contribution in [1.29, 1.82) is 0 Å². The van der Waals surface area contributed by atoms with Gasteiger partial charge in [-0.1, -0.05) is 23.8 Å². The topological polar surface area (TPSA) is 46.3 Å². The lowest BCUT2D eigenvalue weighted by Gasteiger charge is -2.43. The average Bonchev–Trinajstić information content (AvgIpc) is 2.32. The summed E-state index contributed by atoms with van der Waals surface area (Å²) in [7, 11) is 0. The molecule has 0 aliphatic carbocycles. The molecule has 0 aromatic heterocycles. The number of carbonyl (C=O) groups excluding carboxylic acids is 1. The van der Waals surface area contributed by atoms with Crippen molar-refractivity contribution >= 4 is 5.91 Å². The van der Waals surface area contributed by atoms with E-state index in [2.05, 4.69) is 45.9 Å². The van der Waals surface area contributed by atoms with Crippen molar-refractivity contribution in [2.24, 2.45) is 5.73 Å². The Morgan fingerprint density at radius 1 is 1.32 bits per heavy atom. The maximum Gasteiger partial charge on any atom is 0.223 e. The molecule has 3 nitrogen and oxygen atoms in total. The molecule has 1 saturated heterocycles. The highest BCUT2D eigenvalue weighted by Gasteiger charge is 2.36. The first-order valence-corrected chi connectivity index (χ1v) is 7.05. The van der Waals surface area contributed by atoms with Gasteiger partial charge < -0.3 is 10.6 Å². The van der Waals surface area contributed by atoms with Crippen molar-refractivity contribution in [2.75, 3.05) is 0 Å². The van der Waals surface area contributed by atoms with Gasteiger partial charge in [0.05, 0.1) is 6.04 Å². The molecular formula is C16H24N2O. The Hall–Kier alpha value is -1.35. The van der Waals surface area contributed by atoms with E-state index in [9.17, 15) is 4.79 Å². The maximum atomic E-state index is 12.2. The van der Waals surface area contributed by atoms with Crippen LogP contribution in [0.25, 0.3) is 0 Å². The summed E-state index contributed by atoms with van der Waals surface area (Å²) in [6.07, 6.45) is 1.35. The zero-order valence-electron chi connectivity index (χ0n) is 12.3. The highest BCUT2D eigenvalue weighted by atomic mass is 16.2. The summed E-state index contributed by atoms with van der Waals surface area (Å²) in [6.45, 7) is 8.31. The molecule has 1 aromatic rings. The Labute approximate surface area is 115 Å². The van der Waals surface area contributed by atoms with Crippen LogP contribution in [0.15, 0.2) is 18.2 Å². The van der Waals surface area contributed by atoms with Gasteiger partial charge in [0.1, 0.15) is 0 Å². The second kappa shape index (κ2) is 5.33. The minimum atomic E-state index is 0.0156. The minimum absolute atomic E-state index is 0.0156. The molecule has 2 rings (SSSR count). The Kier molecular flexibility index (Phi) is 3.95. The first-order valence-electron chi connectivity index (χ1n) is 7.05. The van der Waals surface area contributed by atoms with Crippen LogP contribution in [-0.2, 0) is 4.79 Å². The molecule has 0 radical (unpaired) electrons. The molecule has 2 unspecified atom stereocenters. The zero-order chi connectivity index (χ0) is 14.2. The van der Waals surface area contributed by atoms with Crippen LogP contribution in [0.5, 0.6) is 0 Å². The summed E-state index contributed by atoms with van der Waals surface area (Å²) >= 11 is 0. The fourth-order valence-electron chi connectivity index (χ4n) is 3.09. The van der Waals surface area contributed by atoms with Crippen LogP contribution in [0.3, 0.4) is 0 Å². The number of rotatable bonds is 2. The molecule has 0 spiro atoms. The predicted molar refractivity (Wildman–Crippen MR) is 77.8 cm³/mol. The summed E-state index contributed by atoms with van der Waals surface area (Å²) in [4.78, 5) is 14.2. The van der Waals surface area contributed by atoms with Crippen LogP contribution < -0.4 is 5.73 Å². The van der Waals surface area contributed by atoms with Crippen LogP contribution in [0.2, 0.25) is 0 Å². The number of likely N-dealkylation sites (tertiary alicyclic amines) is 1. The average molecular weight is 260 g/mol. The maximum absolute atomic E-state index is 12.2. The van der Waals surface area contributed by atoms with Crippen molar-refractivity contribution in [2.45, 2.75) is 58.7 Å². The molecule has 1 aromatic carbocycles. The van der Waals surface area contributed by atoms with Gasteiger partial charge in [-0.25, -0.2) is 0 Å². The number of hydrogen-bond donors (Lipinski definition) is 1. The first-order chi connectivity index (χ1) is 8.91. The molecule has 104 valence electrons. The number of amides is 1. The standard InChI is InChI=1S/C16H24N2O/c1-10(2)18-15(19)8-7-14(17)16(18)13-6-5-11(3)9-12(13)4/h5-6,9-10,14,16H,7-8,17H2,1-4H3. The van der Waals surface area contributed by atoms with E-state index < -0.39 is 0 Å². The Morgan fingerprint density at radius 3 is 2.58 bits per heavy atom. The van der Waals surface area contributed by atoms with E-state index in [1.807, 2.05) is 4.90 Å². The lowest BCUT2D eigenvalue weighted by Crippen LogP contribution is -2.51. The molecule has 1 aliphatic heterocycles. The lowest BCUT2D eigenvalue weighted by atomic mass is 9.87. The highest BCUT2D eigenvalue weighted by Crippen LogP contribution is 2.34. The van der Waals surface area contributed by atoms with Gasteiger partial charge in [-0.3, -0.25) is 4.79 Å². The Balaban J connectivity index is 2.45. The van der Waals surface area contributed by atoms with Crippen LogP contribution in [-0.4, -0.2) is 22.9 Å². The first kappa shape index (κ1) is 14.1. The second-order valence-electron chi connectivity index (χ2n) is 5.90. The number of aryl methyl sites for hydroxylation is 2. The molecular weight excluding hydrogens is 236 g/mol. The molecule has 3 heteroatoms. The van der Waals surface area contributed by atoms with Gasteiger partial charge in [0.2, 0.25) is 5.91 Å². The number of hydrogen-bond acceptors (Lipinski definition) is 2. The van der Waals surface area contributed by atoms with E-state index in [0.717, 1.165) is 6.42 Å². The molecule has 1 aliphatic rings. The smallest absolute Gasteiger partial charge is 0.223 e. The minimum Gasteiger partial charge on any atom is -0.332 e. The Morgan fingerprint density at radius 2 is 2.00 bits per heavy atom. The van der Waals surface area contributed by atoms with Gasteiger partial charge in [-0.05, 0) is 45.2 Å². The summed E-state index contributed by atoms with van der Waals surface area (Å²) in [5, 5.41) is 0. The second-order valence-corrected chi connectivity index (χ2v) is 5.90. The molecule has 19 heavy (non-hydrogen) atoms. The van der Waals surface area contributed by atoms with Gasteiger partial charge >= 0.3 is 0 Å². The van der Waals surface area contributed by atoms with Crippen LogP contribution >= 0.6 is 0 Å². The van der Waals surface area contributed by atoms with Crippen molar-refractivity contribution in [3.05, 3.63) is 34.9 Å². The summed E-state index contributed by atoms with van der Waals surface area (Å²) in [5.41, 5.74) is 9.98. The van der Waals surface area contributed by atoms with E-state index in [4.69, 9.17) is 5.73 Å². The zero-order valence-corrected chi connectivity index (χ0v) is 12.3. The molecule has 0 bridgehead atoms. The SMILES string of the molecule is Cc1ccc(C2C(N)CCC(=O)N2C(C)C)c(C)c1. The number of nitrogens with zero attached hydrogens (tertiary/aromatic N) is 1. The van der Waals surface area contributed by atoms with Gasteiger partial charge in [0.15, 0.2) is 0 Å². The number of carbonyl (C=O) groups is 1. The molecule has 0 saturated carbocycles. The van der Waals surface area contributed by atoms with Gasteiger partial charge in [-0.15, -0.1) is 0 Å². The Bertz CT molecular complexity index is 482. The molecule has 1 amide bonds. The van der Waals surface area contributed by atoms with Crippen molar-refractivity contribution in [3.8, 4) is 0 Å². The van der Waals surface area contributed by atoms with Crippen LogP contribution in [0.4, 0.5) is 0 Å². The van der Waals surface area contributed by atoms with E-state index in [1.54, 1.807) is 0 Å². The van der Waals surface area contributed by atoms with Crippen molar-refractivity contribution < 1.29 is 4.79 Å². The summed E-state index contributed by atoms with van der Waals surface area (Å²) < 4.78 is 0. The fraction of sp³-hybridized carbons (Fsp3) is 0.562. The molecule has 2 N–H and O–H groups in total. The third-order valence-electron chi connectivity index (χ3n) is 3.99. The third-order valence-corrected chi connectivity index (χ3v) is 3.99.